The Morgan fingerprint density at radius 2 is 1.53 bits per heavy atom. The molecule has 4 aromatic carbocycles. The molecule has 0 fully saturated rings. The molecule has 0 aliphatic rings. The van der Waals surface area contributed by atoms with Gasteiger partial charge < -0.3 is 22.1 Å². The summed E-state index contributed by atoms with van der Waals surface area (Å²) in [6.07, 6.45) is 4.22. The summed E-state index contributed by atoms with van der Waals surface area (Å²) in [4.78, 5) is 38.0. The Bertz CT molecular complexity index is 1890. The fraction of sp³-hybridized carbons (Fsp3) is 0.268. The molecule has 0 radical (unpaired) electrons. The molecule has 0 bridgehead atoms. The number of benzene rings is 4. The maximum Gasteiger partial charge on any atom is 0.251 e. The van der Waals surface area contributed by atoms with Crippen molar-refractivity contribution in [2.45, 2.75) is 51.2 Å². The number of carbonyl (C=O) groups excluding carboxylic acids is 2. The van der Waals surface area contributed by atoms with Gasteiger partial charge in [-0.05, 0) is 90.0 Å². The van der Waals surface area contributed by atoms with E-state index in [9.17, 15) is 14.0 Å². The van der Waals surface area contributed by atoms with E-state index in [-0.39, 0.29) is 29.6 Å². The van der Waals surface area contributed by atoms with Gasteiger partial charge in [0.25, 0.3) is 5.91 Å². The average molecular weight is 688 g/mol. The second-order valence-electron chi connectivity index (χ2n) is 12.7. The van der Waals surface area contributed by atoms with E-state index in [4.69, 9.17) is 11.5 Å². The molecule has 1 heterocycles. The van der Waals surface area contributed by atoms with E-state index in [1.165, 1.54) is 12.1 Å². The van der Waals surface area contributed by atoms with Crippen LogP contribution in [-0.4, -0.2) is 53.3 Å². The van der Waals surface area contributed by atoms with Crippen LogP contribution in [0.2, 0.25) is 0 Å². The molecule has 10 heteroatoms. The number of amides is 2. The van der Waals surface area contributed by atoms with Gasteiger partial charge in [-0.15, -0.1) is 0 Å². The Morgan fingerprint density at radius 3 is 2.27 bits per heavy atom. The van der Waals surface area contributed by atoms with Crippen LogP contribution < -0.4 is 22.1 Å². The van der Waals surface area contributed by atoms with E-state index in [0.717, 1.165) is 59.1 Å². The predicted molar refractivity (Wildman–Crippen MR) is 201 cm³/mol. The van der Waals surface area contributed by atoms with Crippen LogP contribution in [0.1, 0.15) is 58.5 Å². The summed E-state index contributed by atoms with van der Waals surface area (Å²) >= 11 is 0. The first kappa shape index (κ1) is 36.7. The van der Waals surface area contributed by atoms with Crippen LogP contribution in [0.4, 0.5) is 4.39 Å². The van der Waals surface area contributed by atoms with Crippen molar-refractivity contribution in [1.82, 2.24) is 20.5 Å². The number of nitrogens with two attached hydrogens (primary N) is 2. The summed E-state index contributed by atoms with van der Waals surface area (Å²) in [7, 11) is 0. The predicted octanol–water partition coefficient (Wildman–Crippen LogP) is 5.69. The number of carbonyl (C=O) groups is 2. The summed E-state index contributed by atoms with van der Waals surface area (Å²) in [5.41, 5.74) is 15.6. The molecule has 0 aliphatic carbocycles. The highest BCUT2D eigenvalue weighted by Crippen LogP contribution is 2.24. The lowest BCUT2D eigenvalue weighted by Gasteiger charge is -2.23. The number of aliphatic imine (C=N–C) groups is 1. The van der Waals surface area contributed by atoms with Crippen LogP contribution >= 0.6 is 0 Å². The minimum Gasteiger partial charge on any atom is -0.370 e. The highest BCUT2D eigenvalue weighted by Gasteiger charge is 2.23. The third kappa shape index (κ3) is 11.2. The van der Waals surface area contributed by atoms with Crippen LogP contribution in [0.25, 0.3) is 10.8 Å². The molecule has 0 spiro atoms. The number of pyridine rings is 1. The number of nitrogens with one attached hydrogen (secondary N) is 2. The molecule has 5 aromatic rings. The third-order valence-electron chi connectivity index (χ3n) is 8.88. The lowest BCUT2D eigenvalue weighted by atomic mass is 9.99. The quantitative estimate of drug-likeness (QED) is 0.0563. The Balaban J connectivity index is 1.24. The van der Waals surface area contributed by atoms with Crippen LogP contribution in [0.3, 0.4) is 0 Å². The lowest BCUT2D eigenvalue weighted by Crippen LogP contribution is -2.47. The highest BCUT2D eigenvalue weighted by molar-refractivity contribution is 5.97. The maximum absolute atomic E-state index is 13.6. The highest BCUT2D eigenvalue weighted by atomic mass is 19.1. The first-order valence-electron chi connectivity index (χ1n) is 17.3. The van der Waals surface area contributed by atoms with Crippen molar-refractivity contribution in [3.05, 3.63) is 149 Å². The lowest BCUT2D eigenvalue weighted by molar-refractivity contribution is -0.123. The second-order valence-corrected chi connectivity index (χ2v) is 12.7. The molecule has 5 rings (SSSR count). The van der Waals surface area contributed by atoms with Gasteiger partial charge in [0, 0.05) is 50.1 Å². The molecule has 264 valence electrons. The van der Waals surface area contributed by atoms with Gasteiger partial charge in [0.1, 0.15) is 11.9 Å². The van der Waals surface area contributed by atoms with E-state index < -0.39 is 6.04 Å². The molecule has 0 aliphatic heterocycles. The van der Waals surface area contributed by atoms with Crippen molar-refractivity contribution in [2.75, 3.05) is 19.6 Å². The van der Waals surface area contributed by atoms with Crippen LogP contribution in [0, 0.1) is 5.82 Å². The molecule has 0 saturated carbocycles. The van der Waals surface area contributed by atoms with Crippen LogP contribution in [-0.2, 0) is 24.2 Å². The molecule has 2 amide bonds. The number of hydrogen-bond donors (Lipinski definition) is 4. The topological polar surface area (TPSA) is 139 Å². The van der Waals surface area contributed by atoms with Gasteiger partial charge in [0.2, 0.25) is 5.91 Å². The standard InChI is InChI=1S/C41H46FN7O2/c1-29(36-12-6-9-32-8-2-3-11-37(32)36)47-40(51)38(13-7-25-46-41(43)44)48-39(50)33-18-14-31(15-19-33)28-49(27-23-35-10-4-5-24-45-35)26-22-30-16-20-34(42)21-17-30/h2-6,8-12,14-21,24,29,38H,7,13,22-23,25-28H2,1H3,(H,47,51)(H,48,50)(H4,43,44,46)/t29-,38-/m0/s1. The Kier molecular flexibility index (Phi) is 13.2. The van der Waals surface area contributed by atoms with E-state index >= 15 is 0 Å². The van der Waals surface area contributed by atoms with Gasteiger partial charge in [-0.1, -0.05) is 72.8 Å². The second kappa shape index (κ2) is 18.4. The summed E-state index contributed by atoms with van der Waals surface area (Å²) in [5, 5.41) is 8.21. The fourth-order valence-corrected chi connectivity index (χ4v) is 6.08. The van der Waals surface area contributed by atoms with Crippen LogP contribution in [0.5, 0.6) is 0 Å². The van der Waals surface area contributed by atoms with Crippen molar-refractivity contribution in [3.63, 3.8) is 0 Å². The summed E-state index contributed by atoms with van der Waals surface area (Å²) < 4.78 is 13.5. The zero-order chi connectivity index (χ0) is 36.0. The number of guanidine groups is 1. The Hall–Kier alpha value is -5.61. The monoisotopic (exact) mass is 687 g/mol. The molecule has 0 saturated heterocycles. The van der Waals surface area contributed by atoms with Crippen molar-refractivity contribution >= 4 is 28.5 Å². The first-order chi connectivity index (χ1) is 24.7. The van der Waals surface area contributed by atoms with Gasteiger partial charge in [-0.2, -0.15) is 0 Å². The van der Waals surface area contributed by atoms with Crippen molar-refractivity contribution in [2.24, 2.45) is 16.5 Å². The van der Waals surface area contributed by atoms with Crippen LogP contribution in [0.15, 0.2) is 120 Å². The number of fused-ring (bicyclic) bond motifs is 1. The SMILES string of the molecule is C[C@H](NC(=O)[C@H](CCCN=C(N)N)NC(=O)c1ccc(CN(CCc2ccc(F)cc2)CCc2ccccn2)cc1)c1cccc2ccccc12. The Morgan fingerprint density at radius 1 is 0.824 bits per heavy atom. The van der Waals surface area contributed by atoms with Crippen molar-refractivity contribution < 1.29 is 14.0 Å². The van der Waals surface area contributed by atoms with E-state index in [1.54, 1.807) is 18.3 Å². The van der Waals surface area contributed by atoms with Gasteiger partial charge in [0.05, 0.1) is 6.04 Å². The fourth-order valence-electron chi connectivity index (χ4n) is 6.08. The minimum absolute atomic E-state index is 0.0181. The molecular formula is C41H46FN7O2. The number of rotatable bonds is 17. The molecule has 2 atom stereocenters. The largest absolute Gasteiger partial charge is 0.370 e. The Labute approximate surface area is 299 Å². The van der Waals surface area contributed by atoms with E-state index in [2.05, 4.69) is 25.5 Å². The number of nitrogens with zero attached hydrogens (tertiary/aromatic N) is 3. The van der Waals surface area contributed by atoms with E-state index in [1.807, 2.05) is 91.9 Å². The molecule has 6 N–H and O–H groups in total. The number of hydrogen-bond acceptors (Lipinski definition) is 5. The van der Waals surface area contributed by atoms with E-state index in [0.29, 0.717) is 31.5 Å². The average Bonchev–Trinajstić information content (AvgIpc) is 3.14. The van der Waals surface area contributed by atoms with Gasteiger partial charge in [-0.3, -0.25) is 24.5 Å². The summed E-state index contributed by atoms with van der Waals surface area (Å²) in [5.74, 6) is -0.891. The summed E-state index contributed by atoms with van der Waals surface area (Å²) in [6, 6.07) is 33.0. The van der Waals surface area contributed by atoms with Crippen molar-refractivity contribution in [3.8, 4) is 0 Å². The summed E-state index contributed by atoms with van der Waals surface area (Å²) in [6.45, 7) is 4.50. The maximum atomic E-state index is 13.6. The zero-order valence-electron chi connectivity index (χ0n) is 29.0. The number of halogens is 1. The van der Waals surface area contributed by atoms with Gasteiger partial charge >= 0.3 is 0 Å². The zero-order valence-corrected chi connectivity index (χ0v) is 29.0. The molecule has 0 unspecified atom stereocenters. The molecule has 9 nitrogen and oxygen atoms in total. The van der Waals surface area contributed by atoms with Gasteiger partial charge in [-0.25, -0.2) is 4.39 Å². The normalized spacial score (nSPS) is 12.3. The molecular weight excluding hydrogens is 641 g/mol. The molecule has 51 heavy (non-hydrogen) atoms. The van der Waals surface area contributed by atoms with Crippen molar-refractivity contribution in [1.29, 1.82) is 0 Å². The third-order valence-corrected chi connectivity index (χ3v) is 8.88. The van der Waals surface area contributed by atoms with Gasteiger partial charge in [0.15, 0.2) is 5.96 Å². The first-order valence-corrected chi connectivity index (χ1v) is 17.3. The minimum atomic E-state index is -0.794. The molecule has 1 aromatic heterocycles. The smallest absolute Gasteiger partial charge is 0.251 e. The number of aromatic nitrogens is 1.